The van der Waals surface area contributed by atoms with E-state index < -0.39 is 17.9 Å². The van der Waals surface area contributed by atoms with Crippen LogP contribution in [0.4, 0.5) is 0 Å². The van der Waals surface area contributed by atoms with E-state index in [4.69, 9.17) is 15.2 Å². The van der Waals surface area contributed by atoms with Gasteiger partial charge in [-0.1, -0.05) is 37.3 Å². The van der Waals surface area contributed by atoms with Crippen molar-refractivity contribution in [1.82, 2.24) is 10.2 Å². The molecule has 8 nitrogen and oxygen atoms in total. The maximum absolute atomic E-state index is 13.3. The Morgan fingerprint density at radius 3 is 2.50 bits per heavy atom. The summed E-state index contributed by atoms with van der Waals surface area (Å²) in [7, 11) is 3.73. The molecule has 1 saturated heterocycles. The summed E-state index contributed by atoms with van der Waals surface area (Å²) in [5.74, 6) is -1.39. The van der Waals surface area contributed by atoms with Crippen molar-refractivity contribution in [2.75, 3.05) is 33.9 Å². The zero-order chi connectivity index (χ0) is 25.1. The molecule has 8 heteroatoms. The minimum absolute atomic E-state index is 0.0362. The van der Waals surface area contributed by atoms with E-state index in [0.29, 0.717) is 19.4 Å². The number of carbonyl (C=O) groups excluding carboxylic acids is 3. The number of amides is 1. The number of ketones is 1. The van der Waals surface area contributed by atoms with E-state index in [-0.39, 0.29) is 42.8 Å². The molecule has 0 saturated carbocycles. The summed E-state index contributed by atoms with van der Waals surface area (Å²) >= 11 is 0. The van der Waals surface area contributed by atoms with Gasteiger partial charge in [0, 0.05) is 38.0 Å². The van der Waals surface area contributed by atoms with E-state index in [1.165, 1.54) is 0 Å². The van der Waals surface area contributed by atoms with Crippen molar-refractivity contribution in [3.8, 4) is 0 Å². The smallest absolute Gasteiger partial charge is 0.322 e. The van der Waals surface area contributed by atoms with Crippen LogP contribution in [0.2, 0.25) is 0 Å². The fourth-order valence-corrected chi connectivity index (χ4v) is 4.55. The third kappa shape index (κ3) is 8.49. The van der Waals surface area contributed by atoms with Gasteiger partial charge in [0.25, 0.3) is 0 Å². The molecule has 0 spiro atoms. The Labute approximate surface area is 203 Å². The summed E-state index contributed by atoms with van der Waals surface area (Å²) in [5.41, 5.74) is 6.48. The molecule has 0 unspecified atom stereocenters. The molecule has 1 fully saturated rings. The molecule has 0 radical (unpaired) electrons. The summed E-state index contributed by atoms with van der Waals surface area (Å²) in [6.45, 7) is 5.02. The molecule has 1 heterocycles. The normalized spacial score (nSPS) is 19.7. The molecule has 190 valence electrons. The maximum Gasteiger partial charge on any atom is 0.322 e. The first-order chi connectivity index (χ1) is 16.2. The van der Waals surface area contributed by atoms with Crippen molar-refractivity contribution in [3.05, 3.63) is 35.9 Å². The van der Waals surface area contributed by atoms with Crippen molar-refractivity contribution in [1.29, 1.82) is 0 Å². The van der Waals surface area contributed by atoms with Gasteiger partial charge in [0.15, 0.2) is 0 Å². The first kappa shape index (κ1) is 28.0. The van der Waals surface area contributed by atoms with Gasteiger partial charge in [-0.3, -0.25) is 14.4 Å². The average Bonchev–Trinajstić information content (AvgIpc) is 3.24. The van der Waals surface area contributed by atoms with Gasteiger partial charge in [0.2, 0.25) is 5.91 Å². The van der Waals surface area contributed by atoms with Gasteiger partial charge in [-0.15, -0.1) is 0 Å². The lowest BCUT2D eigenvalue weighted by Gasteiger charge is -2.32. The highest BCUT2D eigenvalue weighted by atomic mass is 16.5. The number of esters is 1. The lowest BCUT2D eigenvalue weighted by atomic mass is 9.85. The van der Waals surface area contributed by atoms with Crippen molar-refractivity contribution in [2.45, 2.75) is 64.1 Å². The Kier molecular flexibility index (Phi) is 11.7. The van der Waals surface area contributed by atoms with Gasteiger partial charge in [0.1, 0.15) is 11.8 Å². The lowest BCUT2D eigenvalue weighted by molar-refractivity contribution is -0.144. The number of hydrogen-bond acceptors (Lipinski definition) is 7. The number of nitrogens with zero attached hydrogens (tertiary/aromatic N) is 1. The predicted octanol–water partition coefficient (Wildman–Crippen LogP) is 1.95. The maximum atomic E-state index is 13.3. The molecular formula is C26H41N3O5. The Bertz CT molecular complexity index is 786. The quantitative estimate of drug-likeness (QED) is 0.312. The van der Waals surface area contributed by atoms with E-state index in [1.807, 2.05) is 37.3 Å². The van der Waals surface area contributed by atoms with Crippen LogP contribution in [-0.4, -0.2) is 74.6 Å². The summed E-state index contributed by atoms with van der Waals surface area (Å²) in [5, 5.41) is 2.90. The highest BCUT2D eigenvalue weighted by Crippen LogP contribution is 2.27. The number of likely N-dealkylation sites (tertiary alicyclic amines) is 1. The van der Waals surface area contributed by atoms with Crippen molar-refractivity contribution in [2.24, 2.45) is 17.6 Å². The molecule has 1 aliphatic rings. The zero-order valence-electron chi connectivity index (χ0n) is 21.0. The fourth-order valence-electron chi connectivity index (χ4n) is 4.55. The Morgan fingerprint density at radius 2 is 1.91 bits per heavy atom. The summed E-state index contributed by atoms with van der Waals surface area (Å²) in [6, 6.07) is 9.26. The van der Waals surface area contributed by atoms with Crippen molar-refractivity contribution < 1.29 is 23.9 Å². The van der Waals surface area contributed by atoms with Crippen LogP contribution < -0.4 is 11.1 Å². The van der Waals surface area contributed by atoms with Crippen molar-refractivity contribution >= 4 is 17.7 Å². The number of likely N-dealkylation sites (N-methyl/N-ethyl adjacent to an activating group) is 1. The number of rotatable bonds is 14. The molecule has 0 aromatic heterocycles. The fraction of sp³-hybridized carbons (Fsp3) is 0.654. The molecule has 1 aromatic rings. The number of carbonyl (C=O) groups is 3. The molecule has 0 bridgehead atoms. The Balaban J connectivity index is 1.98. The number of Topliss-reactive ketones (excluding diaryl/α,β-unsaturated/α-hetero) is 1. The number of methoxy groups -OCH3 is 1. The molecule has 5 atom stereocenters. The first-order valence-corrected chi connectivity index (χ1v) is 12.2. The van der Waals surface area contributed by atoms with E-state index in [9.17, 15) is 14.4 Å². The third-order valence-electron chi connectivity index (χ3n) is 6.61. The van der Waals surface area contributed by atoms with Crippen LogP contribution in [0.1, 0.15) is 45.1 Å². The van der Waals surface area contributed by atoms with Crippen LogP contribution >= 0.6 is 0 Å². The zero-order valence-corrected chi connectivity index (χ0v) is 21.0. The van der Waals surface area contributed by atoms with Crippen LogP contribution in [0.5, 0.6) is 0 Å². The minimum Gasteiger partial charge on any atom is -0.464 e. The molecule has 2 rings (SSSR count). The Morgan fingerprint density at radius 1 is 1.21 bits per heavy atom. The molecule has 1 aromatic carbocycles. The SMILES string of the molecule is CO[C@H]([C@@H](C)C(=O)C[C@@H](Cc1ccccc1)C(=O)NCCCOC(=O)[C@H](C)N)[C@@H]1CCCN1C. The summed E-state index contributed by atoms with van der Waals surface area (Å²) in [6.07, 6.45) is 3.02. The minimum atomic E-state index is -0.669. The second-order valence-corrected chi connectivity index (χ2v) is 9.34. The molecule has 34 heavy (non-hydrogen) atoms. The predicted molar refractivity (Wildman–Crippen MR) is 131 cm³/mol. The van der Waals surface area contributed by atoms with E-state index in [2.05, 4.69) is 17.3 Å². The number of ether oxygens (including phenoxy) is 2. The number of benzene rings is 1. The van der Waals surface area contributed by atoms with Crippen LogP contribution in [0.3, 0.4) is 0 Å². The molecule has 3 N–H and O–H groups in total. The van der Waals surface area contributed by atoms with E-state index >= 15 is 0 Å². The topological polar surface area (TPSA) is 111 Å². The van der Waals surface area contributed by atoms with Gasteiger partial charge < -0.3 is 25.4 Å². The third-order valence-corrected chi connectivity index (χ3v) is 6.61. The van der Waals surface area contributed by atoms with Gasteiger partial charge in [-0.2, -0.15) is 0 Å². The first-order valence-electron chi connectivity index (χ1n) is 12.2. The standard InChI is InChI=1S/C26H41N3O5/c1-18(24(33-4)22-12-8-14-29(22)3)23(30)17-21(16-20-10-6-5-7-11-20)25(31)28-13-9-15-34-26(32)19(2)27/h5-7,10-11,18-19,21-22,24H,8-9,12-17,27H2,1-4H3,(H,28,31)/t18-,19-,21+,22-,24+/m0/s1. The van der Waals surface area contributed by atoms with Crippen LogP contribution in [0.25, 0.3) is 0 Å². The second kappa shape index (κ2) is 14.2. The van der Waals surface area contributed by atoms with Crippen molar-refractivity contribution in [3.63, 3.8) is 0 Å². The van der Waals surface area contributed by atoms with Crippen LogP contribution in [0.15, 0.2) is 30.3 Å². The van der Waals surface area contributed by atoms with Gasteiger partial charge >= 0.3 is 5.97 Å². The summed E-state index contributed by atoms with van der Waals surface area (Å²) in [4.78, 5) is 40.0. The second-order valence-electron chi connectivity index (χ2n) is 9.34. The number of hydrogen-bond donors (Lipinski definition) is 2. The highest BCUT2D eigenvalue weighted by molar-refractivity contribution is 5.88. The van der Waals surface area contributed by atoms with Gasteiger partial charge in [0.05, 0.1) is 12.7 Å². The summed E-state index contributed by atoms with van der Waals surface area (Å²) < 4.78 is 10.8. The monoisotopic (exact) mass is 475 g/mol. The number of nitrogens with one attached hydrogen (secondary N) is 1. The number of nitrogens with two attached hydrogens (primary N) is 1. The molecule has 1 amide bonds. The molecule has 1 aliphatic heterocycles. The van der Waals surface area contributed by atoms with Gasteiger partial charge in [-0.25, -0.2) is 0 Å². The van der Waals surface area contributed by atoms with Gasteiger partial charge in [-0.05, 0) is 51.8 Å². The lowest BCUT2D eigenvalue weighted by Crippen LogP contribution is -2.45. The Hall–Kier alpha value is -2.29. The largest absolute Gasteiger partial charge is 0.464 e. The van der Waals surface area contributed by atoms with E-state index in [0.717, 1.165) is 24.9 Å². The highest BCUT2D eigenvalue weighted by Gasteiger charge is 2.37. The molecular weight excluding hydrogens is 434 g/mol. The van der Waals surface area contributed by atoms with Crippen LogP contribution in [-0.2, 0) is 30.3 Å². The molecule has 0 aliphatic carbocycles. The van der Waals surface area contributed by atoms with Crippen LogP contribution in [0, 0.1) is 11.8 Å². The van der Waals surface area contributed by atoms with E-state index in [1.54, 1.807) is 14.0 Å². The average molecular weight is 476 g/mol.